The zero-order valence-electron chi connectivity index (χ0n) is 29.4. The molecule has 0 aliphatic carbocycles. The summed E-state index contributed by atoms with van der Waals surface area (Å²) < 4.78 is 7.72. The summed E-state index contributed by atoms with van der Waals surface area (Å²) in [6.45, 7) is 6.10. The molecule has 0 unspecified atom stereocenters. The topological polar surface area (TPSA) is 145 Å². The number of halogens is 1. The molecule has 270 valence electrons. The number of aliphatic hydroxyl groups is 1. The Morgan fingerprint density at radius 1 is 1.02 bits per heavy atom. The van der Waals surface area contributed by atoms with Crippen LogP contribution in [-0.4, -0.2) is 59.6 Å². The minimum Gasteiger partial charge on any atom is -0.432 e. The van der Waals surface area contributed by atoms with E-state index < -0.39 is 31.5 Å². The van der Waals surface area contributed by atoms with Crippen LogP contribution in [-0.2, 0) is 39.4 Å². The fraction of sp³-hybridized carbons (Fsp3) is 0.325. The zero-order chi connectivity index (χ0) is 36.9. The number of benzene rings is 4. The van der Waals surface area contributed by atoms with E-state index in [0.717, 1.165) is 21.2 Å². The number of anilines is 3. The highest BCUT2D eigenvalue weighted by Crippen LogP contribution is 2.60. The van der Waals surface area contributed by atoms with Gasteiger partial charge in [-0.05, 0) is 90.8 Å². The highest BCUT2D eigenvalue weighted by atomic mass is 79.9. The smallest absolute Gasteiger partial charge is 0.264 e. The highest BCUT2D eigenvalue weighted by molar-refractivity contribution is 9.10. The number of carbonyl (C=O) groups excluding carboxylic acids is 3. The molecule has 10 nitrogen and oxygen atoms in total. The number of ether oxygens (including phenoxy) is 1. The van der Waals surface area contributed by atoms with E-state index in [2.05, 4.69) is 21.2 Å². The Balaban J connectivity index is 1.15. The van der Waals surface area contributed by atoms with E-state index in [1.54, 1.807) is 46.2 Å². The van der Waals surface area contributed by atoms with Crippen molar-refractivity contribution in [2.45, 2.75) is 69.2 Å². The third-order valence-corrected chi connectivity index (χ3v) is 13.9. The van der Waals surface area contributed by atoms with Gasteiger partial charge in [-0.15, -0.1) is 0 Å². The van der Waals surface area contributed by atoms with Crippen LogP contribution in [0.4, 0.5) is 17.1 Å². The average Bonchev–Trinajstić information content (AvgIpc) is 3.54. The number of nitrogen functional groups attached to an aromatic ring is 1. The maximum atomic E-state index is 14.9. The molecule has 7 rings (SSSR count). The molecule has 3 amide bonds. The molecule has 1 saturated heterocycles. The summed E-state index contributed by atoms with van der Waals surface area (Å²) in [5.74, 6) is -1.12. The first-order valence-corrected chi connectivity index (χ1v) is 21.4. The second-order valence-corrected chi connectivity index (χ2v) is 19.6. The minimum absolute atomic E-state index is 0.0213. The Labute approximate surface area is 312 Å². The van der Waals surface area contributed by atoms with E-state index in [4.69, 9.17) is 10.5 Å². The molecule has 4 aromatic rings. The van der Waals surface area contributed by atoms with Crippen LogP contribution in [0.15, 0.2) is 95.5 Å². The fourth-order valence-corrected chi connectivity index (χ4v) is 11.4. The largest absolute Gasteiger partial charge is 0.432 e. The number of nitrogens with one attached hydrogen (secondary N) is 1. The Kier molecular flexibility index (Phi) is 9.64. The van der Waals surface area contributed by atoms with E-state index in [-0.39, 0.29) is 43.3 Å². The number of nitrogens with zero attached hydrogens (tertiary/aromatic N) is 2. The number of hydrogen-bond donors (Lipinski definition) is 4. The monoisotopic (exact) mass is 782 g/mol. The minimum atomic E-state index is -3.02. The van der Waals surface area contributed by atoms with Crippen LogP contribution in [0.2, 0.25) is 18.6 Å². The molecule has 5 N–H and O–H groups in total. The molecule has 0 saturated carbocycles. The van der Waals surface area contributed by atoms with Crippen LogP contribution in [0, 0.1) is 5.92 Å². The van der Waals surface area contributed by atoms with Crippen LogP contribution < -0.4 is 16.0 Å². The Morgan fingerprint density at radius 3 is 2.38 bits per heavy atom. The third kappa shape index (κ3) is 6.47. The average molecular weight is 784 g/mol. The molecule has 0 radical (unpaired) electrons. The van der Waals surface area contributed by atoms with Gasteiger partial charge in [-0.3, -0.25) is 14.4 Å². The fourth-order valence-electron chi connectivity index (χ4n) is 8.45. The summed E-state index contributed by atoms with van der Waals surface area (Å²) in [5, 5.41) is 13.2. The molecular formula is C40H43BrN4O6Si. The van der Waals surface area contributed by atoms with Gasteiger partial charge in [0.25, 0.3) is 11.8 Å². The summed E-state index contributed by atoms with van der Waals surface area (Å²) in [6, 6.07) is 27.3. The van der Waals surface area contributed by atoms with Gasteiger partial charge in [-0.1, -0.05) is 59.3 Å². The van der Waals surface area contributed by atoms with Gasteiger partial charge < -0.3 is 35.5 Å². The van der Waals surface area contributed by atoms with Crippen molar-refractivity contribution < 1.29 is 29.0 Å². The molecule has 5 atom stereocenters. The second-order valence-electron chi connectivity index (χ2n) is 14.7. The molecule has 0 aromatic heterocycles. The molecule has 12 heteroatoms. The number of aliphatic hydroxyl groups excluding tert-OH is 1. The quantitative estimate of drug-likeness (QED) is 0.128. The van der Waals surface area contributed by atoms with E-state index in [0.29, 0.717) is 41.2 Å². The van der Waals surface area contributed by atoms with Crippen molar-refractivity contribution in [2.24, 2.45) is 5.92 Å². The van der Waals surface area contributed by atoms with Crippen molar-refractivity contribution in [1.29, 1.82) is 0 Å². The standard InChI is InChI=1S/C40H43BrN4O6Si/c1-24-37(52(2,3)50)35(20-36(47)44-22-28-7-5-4-6-27(28)18-32(44)23-46)51-40(24)33-19-29(41)12-17-34(33)45(39(40)49)21-25-8-15-31(16-9-25)43-38(48)26-10-13-30(42)14-11-26/h4-17,19,24,32,35,37,46,50H,18,20-23,42H2,1-3H3,(H,43,48)/t24-,32-,35+,37-,40+/m0/s1. The number of hydrogen-bond acceptors (Lipinski definition) is 7. The number of fused-ring (bicyclic) bond motifs is 3. The Bertz CT molecular complexity index is 2020. The lowest BCUT2D eigenvalue weighted by atomic mass is 9.82. The van der Waals surface area contributed by atoms with Crippen LogP contribution in [0.1, 0.15) is 46.0 Å². The molecule has 3 aliphatic rings. The first-order chi connectivity index (χ1) is 24.8. The van der Waals surface area contributed by atoms with E-state index in [1.165, 1.54) is 0 Å². The van der Waals surface area contributed by atoms with Gasteiger partial charge in [0, 0.05) is 45.0 Å². The van der Waals surface area contributed by atoms with Crippen molar-refractivity contribution in [3.8, 4) is 0 Å². The van der Waals surface area contributed by atoms with Gasteiger partial charge in [-0.2, -0.15) is 0 Å². The summed E-state index contributed by atoms with van der Waals surface area (Å²) in [7, 11) is -3.02. The molecule has 52 heavy (non-hydrogen) atoms. The summed E-state index contributed by atoms with van der Waals surface area (Å²) in [5.41, 5.74) is 9.99. The number of nitrogens with two attached hydrogens (primary N) is 1. The molecule has 0 bridgehead atoms. The molecule has 3 aliphatic heterocycles. The maximum absolute atomic E-state index is 14.9. The predicted octanol–water partition coefficient (Wildman–Crippen LogP) is 5.96. The molecule has 1 fully saturated rings. The van der Waals surface area contributed by atoms with E-state index in [9.17, 15) is 24.3 Å². The molecule has 3 heterocycles. The summed E-state index contributed by atoms with van der Waals surface area (Å²) >= 11 is 3.61. The predicted molar refractivity (Wildman–Crippen MR) is 206 cm³/mol. The van der Waals surface area contributed by atoms with Crippen LogP contribution in [0.25, 0.3) is 0 Å². The van der Waals surface area contributed by atoms with Gasteiger partial charge in [-0.25, -0.2) is 0 Å². The molecular weight excluding hydrogens is 740 g/mol. The molecule has 4 aromatic carbocycles. The third-order valence-electron chi connectivity index (χ3n) is 10.9. The molecule has 1 spiro atoms. The second kappa shape index (κ2) is 13.9. The lowest BCUT2D eigenvalue weighted by molar-refractivity contribution is -0.151. The first kappa shape index (κ1) is 36.0. The van der Waals surface area contributed by atoms with Gasteiger partial charge in [0.05, 0.1) is 37.4 Å². The van der Waals surface area contributed by atoms with Gasteiger partial charge in [0.2, 0.25) is 5.91 Å². The number of rotatable bonds is 8. The summed E-state index contributed by atoms with van der Waals surface area (Å²) in [4.78, 5) is 56.9. The maximum Gasteiger partial charge on any atom is 0.264 e. The lowest BCUT2D eigenvalue weighted by Gasteiger charge is -2.37. The van der Waals surface area contributed by atoms with Crippen molar-refractivity contribution in [3.63, 3.8) is 0 Å². The van der Waals surface area contributed by atoms with Crippen LogP contribution in [0.3, 0.4) is 0 Å². The SMILES string of the molecule is C[C@H]1[C@H]([Si](C)(C)O)[C@@H](CC(=O)N2Cc3ccccc3C[C@H]2CO)O[C@]12C(=O)N(Cc1ccc(NC(=O)c3ccc(N)cc3)cc1)c1ccc(Br)cc12. The van der Waals surface area contributed by atoms with Gasteiger partial charge in [0.15, 0.2) is 13.9 Å². The van der Waals surface area contributed by atoms with E-state index >= 15 is 0 Å². The van der Waals surface area contributed by atoms with Crippen LogP contribution >= 0.6 is 15.9 Å². The van der Waals surface area contributed by atoms with Crippen molar-refractivity contribution in [3.05, 3.63) is 123 Å². The van der Waals surface area contributed by atoms with Crippen molar-refractivity contribution >= 4 is 59.0 Å². The number of carbonyl (C=O) groups is 3. The van der Waals surface area contributed by atoms with Gasteiger partial charge in [0.1, 0.15) is 0 Å². The Morgan fingerprint density at radius 2 is 1.71 bits per heavy atom. The van der Waals surface area contributed by atoms with Crippen LogP contribution in [0.5, 0.6) is 0 Å². The normalized spacial score (nSPS) is 23.8. The lowest BCUT2D eigenvalue weighted by Crippen LogP contribution is -2.48. The summed E-state index contributed by atoms with van der Waals surface area (Å²) in [6.07, 6.45) is -0.184. The van der Waals surface area contributed by atoms with E-state index in [1.807, 2.05) is 74.6 Å². The zero-order valence-corrected chi connectivity index (χ0v) is 32.0. The first-order valence-electron chi connectivity index (χ1n) is 17.5. The van der Waals surface area contributed by atoms with Gasteiger partial charge >= 0.3 is 0 Å². The number of amides is 3. The van der Waals surface area contributed by atoms with Crippen molar-refractivity contribution in [1.82, 2.24) is 4.90 Å². The Hall–Kier alpha value is -4.33. The van der Waals surface area contributed by atoms with Crippen molar-refractivity contribution in [2.75, 3.05) is 22.6 Å². The highest BCUT2D eigenvalue weighted by Gasteiger charge is 2.66.